The highest BCUT2D eigenvalue weighted by atomic mass is 16.4. The number of phenols is 1. The number of aromatic hydroxyl groups is 1. The molecule has 0 radical (unpaired) electrons. The Morgan fingerprint density at radius 3 is 1.77 bits per heavy atom. The van der Waals surface area contributed by atoms with Gasteiger partial charge in [-0.1, -0.05) is 39.8 Å². The van der Waals surface area contributed by atoms with Gasteiger partial charge in [0.1, 0.15) is 23.9 Å². The first-order valence-electron chi connectivity index (χ1n) is 11.6. The molecule has 4 atom stereocenters. The molecule has 1 rings (SSSR count). The molecule has 11 nitrogen and oxygen atoms in total. The lowest BCUT2D eigenvalue weighted by molar-refractivity contribution is -0.143. The maximum atomic E-state index is 13.0. The zero-order valence-corrected chi connectivity index (χ0v) is 20.7. The number of aliphatic carboxylic acids is 1. The predicted molar refractivity (Wildman–Crippen MR) is 129 cm³/mol. The van der Waals surface area contributed by atoms with Crippen LogP contribution in [0.3, 0.4) is 0 Å². The number of amides is 3. The summed E-state index contributed by atoms with van der Waals surface area (Å²) in [7, 11) is 0. The third kappa shape index (κ3) is 10.7. The lowest BCUT2D eigenvalue weighted by Crippen LogP contribution is -2.58. The molecule has 3 amide bonds. The average Bonchev–Trinajstić information content (AvgIpc) is 2.76. The number of carbonyl (C=O) groups excluding carboxylic acids is 3. The van der Waals surface area contributed by atoms with E-state index in [1.165, 1.54) is 12.1 Å². The number of aliphatic hydroxyl groups excluding tert-OH is 1. The summed E-state index contributed by atoms with van der Waals surface area (Å²) in [6.45, 7) is 6.63. The van der Waals surface area contributed by atoms with E-state index in [2.05, 4.69) is 16.0 Å². The highest BCUT2D eigenvalue weighted by molar-refractivity contribution is 5.94. The molecule has 0 spiro atoms. The zero-order chi connectivity index (χ0) is 26.7. The Kier molecular flexibility index (Phi) is 12.2. The van der Waals surface area contributed by atoms with E-state index in [1.54, 1.807) is 26.0 Å². The van der Waals surface area contributed by atoms with Crippen LogP contribution in [-0.4, -0.2) is 69.8 Å². The summed E-state index contributed by atoms with van der Waals surface area (Å²) in [5.74, 6) is -3.23. The molecule has 0 aromatic heterocycles. The van der Waals surface area contributed by atoms with Gasteiger partial charge in [-0.05, 0) is 42.4 Å². The maximum absolute atomic E-state index is 13.0. The fraction of sp³-hybridized carbons (Fsp3) is 0.583. The monoisotopic (exact) mass is 494 g/mol. The van der Waals surface area contributed by atoms with Gasteiger partial charge < -0.3 is 37.0 Å². The molecule has 11 heteroatoms. The van der Waals surface area contributed by atoms with Crippen LogP contribution in [0.4, 0.5) is 0 Å². The number of hydrogen-bond donors (Lipinski definition) is 7. The second-order valence-corrected chi connectivity index (χ2v) is 9.44. The summed E-state index contributed by atoms with van der Waals surface area (Å²) in [5.41, 5.74) is 6.56. The minimum Gasteiger partial charge on any atom is -0.508 e. The van der Waals surface area contributed by atoms with Gasteiger partial charge in [0.15, 0.2) is 0 Å². The molecule has 4 unspecified atom stereocenters. The van der Waals surface area contributed by atoms with Gasteiger partial charge in [0.25, 0.3) is 0 Å². The number of carboxylic acids is 1. The Balaban J connectivity index is 3.01. The van der Waals surface area contributed by atoms with Gasteiger partial charge in [-0.2, -0.15) is 0 Å². The van der Waals surface area contributed by atoms with E-state index in [4.69, 9.17) is 5.73 Å². The van der Waals surface area contributed by atoms with Crippen molar-refractivity contribution in [1.82, 2.24) is 16.0 Å². The highest BCUT2D eigenvalue weighted by Gasteiger charge is 2.30. The second-order valence-electron chi connectivity index (χ2n) is 9.44. The summed E-state index contributed by atoms with van der Waals surface area (Å²) in [4.78, 5) is 49.7. The molecular formula is C24H38N4O7. The molecule has 0 heterocycles. The molecule has 1 aromatic rings. The molecule has 0 bridgehead atoms. The number of benzene rings is 1. The Morgan fingerprint density at radius 2 is 1.29 bits per heavy atom. The standard InChI is InChI=1S/C24H38N4O7/c1-13(2)9-17(25)21(31)26-18(11-15-5-7-16(30)8-6-15)22(32)28-20(12-29)23(33)27-19(24(34)35)10-14(3)4/h5-8,13-14,17-20,29-30H,9-12,25H2,1-4H3,(H,26,31)(H,27,33)(H,28,32)(H,34,35). The fourth-order valence-corrected chi connectivity index (χ4v) is 3.40. The van der Waals surface area contributed by atoms with Crippen molar-refractivity contribution < 1.29 is 34.5 Å². The largest absolute Gasteiger partial charge is 0.508 e. The van der Waals surface area contributed by atoms with Gasteiger partial charge in [-0.25, -0.2) is 4.79 Å². The minimum absolute atomic E-state index is 0.0153. The normalized spacial score (nSPS) is 14.6. The van der Waals surface area contributed by atoms with Gasteiger partial charge in [-0.15, -0.1) is 0 Å². The van der Waals surface area contributed by atoms with Crippen molar-refractivity contribution in [1.29, 1.82) is 0 Å². The van der Waals surface area contributed by atoms with Crippen LogP contribution in [-0.2, 0) is 25.6 Å². The Hall–Kier alpha value is -3.18. The second kappa shape index (κ2) is 14.3. The van der Waals surface area contributed by atoms with E-state index in [1.807, 2.05) is 13.8 Å². The van der Waals surface area contributed by atoms with Crippen molar-refractivity contribution in [2.75, 3.05) is 6.61 Å². The average molecular weight is 495 g/mol. The highest BCUT2D eigenvalue weighted by Crippen LogP contribution is 2.12. The van der Waals surface area contributed by atoms with E-state index < -0.39 is 54.5 Å². The van der Waals surface area contributed by atoms with Crippen LogP contribution in [0.1, 0.15) is 46.1 Å². The van der Waals surface area contributed by atoms with Crippen molar-refractivity contribution in [3.8, 4) is 5.75 Å². The summed E-state index contributed by atoms with van der Waals surface area (Å²) in [6, 6.07) is 1.41. The SMILES string of the molecule is CC(C)CC(N)C(=O)NC(Cc1ccc(O)cc1)C(=O)NC(CO)C(=O)NC(CC(C)C)C(=O)O. The molecule has 0 saturated heterocycles. The quantitative estimate of drug-likeness (QED) is 0.186. The van der Waals surface area contributed by atoms with E-state index in [0.717, 1.165) is 0 Å². The number of carbonyl (C=O) groups is 4. The Labute approximate surface area is 205 Å². The van der Waals surface area contributed by atoms with Crippen molar-refractivity contribution in [2.45, 2.75) is 71.1 Å². The van der Waals surface area contributed by atoms with Crippen molar-refractivity contribution in [3.05, 3.63) is 29.8 Å². The first kappa shape index (κ1) is 29.9. The zero-order valence-electron chi connectivity index (χ0n) is 20.7. The fourth-order valence-electron chi connectivity index (χ4n) is 3.40. The van der Waals surface area contributed by atoms with Crippen LogP contribution in [0.2, 0.25) is 0 Å². The van der Waals surface area contributed by atoms with Crippen LogP contribution in [0.5, 0.6) is 5.75 Å². The summed E-state index contributed by atoms with van der Waals surface area (Å²) in [6.07, 6.45) is 0.588. The van der Waals surface area contributed by atoms with Gasteiger partial charge in [-0.3, -0.25) is 14.4 Å². The summed E-state index contributed by atoms with van der Waals surface area (Å²) in [5, 5.41) is 35.8. The van der Waals surface area contributed by atoms with E-state index in [9.17, 15) is 34.5 Å². The van der Waals surface area contributed by atoms with Crippen LogP contribution in [0.15, 0.2) is 24.3 Å². The van der Waals surface area contributed by atoms with Gasteiger partial charge in [0.05, 0.1) is 12.6 Å². The molecule has 0 aliphatic carbocycles. The topological polar surface area (TPSA) is 191 Å². The Bertz CT molecular complexity index is 858. The predicted octanol–water partition coefficient (Wildman–Crippen LogP) is -0.114. The van der Waals surface area contributed by atoms with E-state index >= 15 is 0 Å². The van der Waals surface area contributed by atoms with Crippen molar-refractivity contribution >= 4 is 23.7 Å². The minimum atomic E-state index is -1.43. The molecule has 0 aliphatic heterocycles. The number of carboxylic acid groups (broad SMARTS) is 1. The molecule has 0 aliphatic rings. The number of nitrogens with one attached hydrogen (secondary N) is 3. The lowest BCUT2D eigenvalue weighted by atomic mass is 10.0. The molecule has 0 saturated carbocycles. The molecule has 8 N–H and O–H groups in total. The molecular weight excluding hydrogens is 456 g/mol. The van der Waals surface area contributed by atoms with E-state index in [-0.39, 0.29) is 30.4 Å². The van der Waals surface area contributed by atoms with Crippen LogP contribution in [0, 0.1) is 11.8 Å². The number of aliphatic hydroxyl groups is 1. The van der Waals surface area contributed by atoms with Gasteiger partial charge >= 0.3 is 5.97 Å². The van der Waals surface area contributed by atoms with Crippen LogP contribution >= 0.6 is 0 Å². The molecule has 196 valence electrons. The first-order chi connectivity index (χ1) is 16.3. The summed E-state index contributed by atoms with van der Waals surface area (Å²) >= 11 is 0. The lowest BCUT2D eigenvalue weighted by Gasteiger charge is -2.25. The number of rotatable bonds is 14. The Morgan fingerprint density at radius 1 is 0.800 bits per heavy atom. The number of phenolic OH excluding ortho intramolecular Hbond substituents is 1. The van der Waals surface area contributed by atoms with Crippen LogP contribution < -0.4 is 21.7 Å². The number of hydrogen-bond acceptors (Lipinski definition) is 7. The third-order valence-corrected chi connectivity index (χ3v) is 5.21. The van der Waals surface area contributed by atoms with Gasteiger partial charge in [0.2, 0.25) is 17.7 Å². The molecule has 1 aromatic carbocycles. The van der Waals surface area contributed by atoms with Crippen LogP contribution in [0.25, 0.3) is 0 Å². The summed E-state index contributed by atoms with van der Waals surface area (Å²) < 4.78 is 0. The third-order valence-electron chi connectivity index (χ3n) is 5.21. The maximum Gasteiger partial charge on any atom is 0.326 e. The van der Waals surface area contributed by atoms with Crippen molar-refractivity contribution in [3.63, 3.8) is 0 Å². The van der Waals surface area contributed by atoms with Gasteiger partial charge in [0, 0.05) is 6.42 Å². The number of nitrogens with two attached hydrogens (primary N) is 1. The molecule has 35 heavy (non-hydrogen) atoms. The van der Waals surface area contributed by atoms with E-state index in [0.29, 0.717) is 12.0 Å². The first-order valence-corrected chi connectivity index (χ1v) is 11.6. The smallest absolute Gasteiger partial charge is 0.326 e. The van der Waals surface area contributed by atoms with Crippen molar-refractivity contribution in [2.24, 2.45) is 17.6 Å². The molecule has 0 fully saturated rings.